The summed E-state index contributed by atoms with van der Waals surface area (Å²) in [6, 6.07) is 10.6. The fourth-order valence-corrected chi connectivity index (χ4v) is 2.15. The number of benzene rings is 2. The summed E-state index contributed by atoms with van der Waals surface area (Å²) >= 11 is 0. The second-order valence-electron chi connectivity index (χ2n) is 4.58. The van der Waals surface area contributed by atoms with E-state index >= 15 is 0 Å². The molecule has 0 saturated heterocycles. The molecule has 104 valence electrons. The van der Waals surface area contributed by atoms with Crippen molar-refractivity contribution < 1.29 is 19.7 Å². The minimum absolute atomic E-state index is 0.110. The Labute approximate surface area is 116 Å². The van der Waals surface area contributed by atoms with Crippen molar-refractivity contribution in [3.8, 4) is 23.0 Å². The molecule has 0 aromatic heterocycles. The third-order valence-electron chi connectivity index (χ3n) is 3.16. The van der Waals surface area contributed by atoms with Gasteiger partial charge < -0.3 is 25.0 Å². The number of hydrogen-bond acceptors (Lipinski definition) is 5. The normalized spacial score (nSPS) is 12.6. The van der Waals surface area contributed by atoms with Crippen LogP contribution in [0.5, 0.6) is 23.0 Å². The van der Waals surface area contributed by atoms with Crippen LogP contribution in [-0.4, -0.2) is 17.0 Å². The van der Waals surface area contributed by atoms with Crippen molar-refractivity contribution in [2.24, 2.45) is 0 Å². The van der Waals surface area contributed by atoms with Gasteiger partial charge in [0.15, 0.2) is 23.0 Å². The van der Waals surface area contributed by atoms with Crippen LogP contribution >= 0.6 is 0 Å². The Morgan fingerprint density at radius 2 is 1.90 bits per heavy atom. The molecule has 0 aliphatic carbocycles. The Morgan fingerprint density at radius 1 is 1.00 bits per heavy atom. The first-order chi connectivity index (χ1) is 9.74. The maximum Gasteiger partial charge on any atom is 0.231 e. The van der Waals surface area contributed by atoms with Crippen LogP contribution in [0.25, 0.3) is 0 Å². The number of hydrogen-bond donors (Lipinski definition) is 3. The van der Waals surface area contributed by atoms with Gasteiger partial charge in [-0.1, -0.05) is 18.2 Å². The van der Waals surface area contributed by atoms with Crippen LogP contribution in [0.15, 0.2) is 36.4 Å². The highest BCUT2D eigenvalue weighted by molar-refractivity contribution is 5.48. The molecule has 5 nitrogen and oxygen atoms in total. The lowest BCUT2D eigenvalue weighted by atomic mass is 10.1. The van der Waals surface area contributed by atoms with Crippen molar-refractivity contribution in [1.29, 1.82) is 0 Å². The van der Waals surface area contributed by atoms with Gasteiger partial charge in [-0.25, -0.2) is 0 Å². The van der Waals surface area contributed by atoms with Gasteiger partial charge in [-0.05, 0) is 23.8 Å². The lowest BCUT2D eigenvalue weighted by Gasteiger charge is -2.08. The number of fused-ring (bicyclic) bond motifs is 1. The molecule has 0 unspecified atom stereocenters. The monoisotopic (exact) mass is 273 g/mol. The summed E-state index contributed by atoms with van der Waals surface area (Å²) in [5.41, 5.74) is 1.92. The van der Waals surface area contributed by atoms with Crippen molar-refractivity contribution in [2.45, 2.75) is 13.1 Å². The lowest BCUT2D eigenvalue weighted by molar-refractivity contribution is 0.173. The van der Waals surface area contributed by atoms with Gasteiger partial charge in [0.05, 0.1) is 0 Å². The predicted molar refractivity (Wildman–Crippen MR) is 72.9 cm³/mol. The molecular formula is C15H15NO4. The fourth-order valence-electron chi connectivity index (χ4n) is 2.15. The Bertz CT molecular complexity index is 627. The molecule has 2 aromatic rings. The van der Waals surface area contributed by atoms with Crippen LogP contribution in [0, 0.1) is 0 Å². The summed E-state index contributed by atoms with van der Waals surface area (Å²) in [6.07, 6.45) is 0. The summed E-state index contributed by atoms with van der Waals surface area (Å²) < 4.78 is 10.8. The van der Waals surface area contributed by atoms with E-state index < -0.39 is 0 Å². The first-order valence-corrected chi connectivity index (χ1v) is 6.33. The third kappa shape index (κ3) is 2.48. The molecule has 1 heterocycles. The third-order valence-corrected chi connectivity index (χ3v) is 3.16. The first kappa shape index (κ1) is 12.6. The highest BCUT2D eigenvalue weighted by Crippen LogP contribution is 2.35. The second kappa shape index (κ2) is 5.30. The van der Waals surface area contributed by atoms with E-state index in [0.29, 0.717) is 13.1 Å². The highest BCUT2D eigenvalue weighted by Gasteiger charge is 2.16. The van der Waals surface area contributed by atoms with Gasteiger partial charge in [-0.2, -0.15) is 0 Å². The second-order valence-corrected chi connectivity index (χ2v) is 4.58. The maximum atomic E-state index is 9.43. The van der Waals surface area contributed by atoms with Crippen LogP contribution in [0.1, 0.15) is 11.1 Å². The van der Waals surface area contributed by atoms with Crippen LogP contribution in [0.2, 0.25) is 0 Å². The number of phenols is 2. The quantitative estimate of drug-likeness (QED) is 0.744. The highest BCUT2D eigenvalue weighted by atomic mass is 16.7. The molecule has 0 radical (unpaired) electrons. The molecule has 0 atom stereocenters. The standard InChI is InChI=1S/C15H15NO4/c17-12-5-4-10(6-13(12)18)7-16-8-11-2-1-3-14-15(11)20-9-19-14/h1-6,16-18H,7-9H2. The minimum atomic E-state index is -0.111. The van der Waals surface area contributed by atoms with Gasteiger partial charge in [0.1, 0.15) is 0 Å². The molecule has 0 bridgehead atoms. The average molecular weight is 273 g/mol. The number of aromatic hydroxyl groups is 2. The van der Waals surface area contributed by atoms with E-state index in [0.717, 1.165) is 22.6 Å². The first-order valence-electron chi connectivity index (χ1n) is 6.33. The lowest BCUT2D eigenvalue weighted by Crippen LogP contribution is -2.13. The van der Waals surface area contributed by atoms with Gasteiger partial charge in [0.25, 0.3) is 0 Å². The van der Waals surface area contributed by atoms with Crippen molar-refractivity contribution in [2.75, 3.05) is 6.79 Å². The van der Waals surface area contributed by atoms with E-state index in [-0.39, 0.29) is 18.3 Å². The zero-order chi connectivity index (χ0) is 13.9. The van der Waals surface area contributed by atoms with E-state index in [1.165, 1.54) is 12.1 Å². The molecule has 20 heavy (non-hydrogen) atoms. The van der Waals surface area contributed by atoms with Crippen LogP contribution < -0.4 is 14.8 Å². The zero-order valence-corrected chi connectivity index (χ0v) is 10.8. The number of phenolic OH excluding ortho intramolecular Hbond substituents is 2. The molecule has 0 saturated carbocycles. The van der Waals surface area contributed by atoms with Crippen molar-refractivity contribution in [3.63, 3.8) is 0 Å². The van der Waals surface area contributed by atoms with Crippen molar-refractivity contribution in [1.82, 2.24) is 5.32 Å². The van der Waals surface area contributed by atoms with Gasteiger partial charge in [0, 0.05) is 18.7 Å². The van der Waals surface area contributed by atoms with E-state index in [2.05, 4.69) is 5.32 Å². The number of ether oxygens (including phenoxy) is 2. The van der Waals surface area contributed by atoms with Gasteiger partial charge in [-0.15, -0.1) is 0 Å². The number of nitrogens with one attached hydrogen (secondary N) is 1. The summed E-state index contributed by atoms with van der Waals surface area (Å²) in [4.78, 5) is 0. The Balaban J connectivity index is 1.63. The van der Waals surface area contributed by atoms with Crippen LogP contribution in [-0.2, 0) is 13.1 Å². The zero-order valence-electron chi connectivity index (χ0n) is 10.8. The molecule has 2 aromatic carbocycles. The number of rotatable bonds is 4. The molecule has 5 heteroatoms. The van der Waals surface area contributed by atoms with E-state index in [1.54, 1.807) is 6.07 Å². The summed E-state index contributed by atoms with van der Waals surface area (Å²) in [7, 11) is 0. The summed E-state index contributed by atoms with van der Waals surface area (Å²) in [6.45, 7) is 1.48. The number of para-hydroxylation sites is 1. The Morgan fingerprint density at radius 3 is 2.75 bits per heavy atom. The molecule has 0 fully saturated rings. The molecule has 0 amide bonds. The molecule has 0 spiro atoms. The largest absolute Gasteiger partial charge is 0.504 e. The van der Waals surface area contributed by atoms with Crippen molar-refractivity contribution in [3.05, 3.63) is 47.5 Å². The minimum Gasteiger partial charge on any atom is -0.504 e. The maximum absolute atomic E-state index is 9.43. The van der Waals surface area contributed by atoms with E-state index in [9.17, 15) is 10.2 Å². The van der Waals surface area contributed by atoms with Gasteiger partial charge >= 0.3 is 0 Å². The summed E-state index contributed by atoms with van der Waals surface area (Å²) in [5.74, 6) is 1.34. The topological polar surface area (TPSA) is 71.0 Å². The Hall–Kier alpha value is -2.40. The summed E-state index contributed by atoms with van der Waals surface area (Å²) in [5, 5.41) is 21.9. The molecular weight excluding hydrogens is 258 g/mol. The fraction of sp³-hybridized carbons (Fsp3) is 0.200. The van der Waals surface area contributed by atoms with E-state index in [4.69, 9.17) is 9.47 Å². The van der Waals surface area contributed by atoms with Gasteiger partial charge in [0.2, 0.25) is 6.79 Å². The molecule has 1 aliphatic heterocycles. The van der Waals surface area contributed by atoms with Crippen LogP contribution in [0.4, 0.5) is 0 Å². The SMILES string of the molecule is Oc1ccc(CNCc2cccc3c2OCO3)cc1O. The van der Waals surface area contributed by atoms with E-state index in [1.807, 2.05) is 18.2 Å². The van der Waals surface area contributed by atoms with Gasteiger partial charge in [-0.3, -0.25) is 0 Å². The molecule has 3 rings (SSSR count). The average Bonchev–Trinajstić information content (AvgIpc) is 2.92. The Kier molecular flexibility index (Phi) is 3.35. The van der Waals surface area contributed by atoms with Crippen LogP contribution in [0.3, 0.4) is 0 Å². The molecule has 3 N–H and O–H groups in total. The predicted octanol–water partition coefficient (Wildman–Crippen LogP) is 2.12. The smallest absolute Gasteiger partial charge is 0.231 e. The molecule has 1 aliphatic rings. The van der Waals surface area contributed by atoms with Crippen molar-refractivity contribution >= 4 is 0 Å².